The Morgan fingerprint density at radius 1 is 0.944 bits per heavy atom. The number of anilines is 2. The van der Waals surface area contributed by atoms with E-state index in [0.717, 1.165) is 38.4 Å². The SMILES string of the molecule is CCOC(=O)c1ccc(N2CCN(Cc3ccccc3)CC2)c(NC(=O)c2ccc(OC)c(Cl)c2)c1. The molecule has 3 aromatic rings. The molecule has 0 unspecified atom stereocenters. The maximum absolute atomic E-state index is 13.1. The van der Waals surface area contributed by atoms with Crippen LogP contribution < -0.4 is 15.0 Å². The maximum atomic E-state index is 13.1. The molecule has 188 valence electrons. The van der Waals surface area contributed by atoms with Crippen molar-refractivity contribution >= 4 is 34.9 Å². The highest BCUT2D eigenvalue weighted by Crippen LogP contribution is 2.31. The van der Waals surface area contributed by atoms with E-state index in [1.54, 1.807) is 37.3 Å². The van der Waals surface area contributed by atoms with Crippen molar-refractivity contribution in [1.29, 1.82) is 0 Å². The van der Waals surface area contributed by atoms with Gasteiger partial charge in [-0.1, -0.05) is 41.9 Å². The number of hydrogen-bond donors (Lipinski definition) is 1. The van der Waals surface area contributed by atoms with Crippen molar-refractivity contribution in [2.45, 2.75) is 13.5 Å². The van der Waals surface area contributed by atoms with Crippen LogP contribution in [-0.4, -0.2) is 56.7 Å². The lowest BCUT2D eigenvalue weighted by atomic mass is 10.1. The van der Waals surface area contributed by atoms with Crippen LogP contribution in [-0.2, 0) is 11.3 Å². The number of benzene rings is 3. The van der Waals surface area contributed by atoms with Gasteiger partial charge < -0.3 is 19.7 Å². The predicted octanol–water partition coefficient (Wildman–Crippen LogP) is 5.10. The number of methoxy groups -OCH3 is 1. The first-order valence-electron chi connectivity index (χ1n) is 12.0. The van der Waals surface area contributed by atoms with E-state index in [2.05, 4.69) is 39.4 Å². The van der Waals surface area contributed by atoms with Gasteiger partial charge >= 0.3 is 5.97 Å². The third-order valence-electron chi connectivity index (χ3n) is 6.13. The first kappa shape index (κ1) is 25.5. The first-order chi connectivity index (χ1) is 17.5. The summed E-state index contributed by atoms with van der Waals surface area (Å²) in [5, 5.41) is 3.32. The van der Waals surface area contributed by atoms with Gasteiger partial charge in [0.15, 0.2) is 0 Å². The van der Waals surface area contributed by atoms with Crippen LogP contribution in [0.2, 0.25) is 5.02 Å². The summed E-state index contributed by atoms with van der Waals surface area (Å²) in [5.41, 5.74) is 3.47. The molecule has 4 rings (SSSR count). The lowest BCUT2D eigenvalue weighted by molar-refractivity contribution is 0.0526. The molecule has 1 aliphatic rings. The fourth-order valence-corrected chi connectivity index (χ4v) is 4.50. The van der Waals surface area contributed by atoms with Crippen LogP contribution in [0.15, 0.2) is 66.7 Å². The van der Waals surface area contributed by atoms with Gasteiger partial charge in [-0.3, -0.25) is 9.69 Å². The molecule has 0 bridgehead atoms. The summed E-state index contributed by atoms with van der Waals surface area (Å²) in [6.45, 7) is 6.29. The number of nitrogens with zero attached hydrogens (tertiary/aromatic N) is 2. The number of piperazine rings is 1. The zero-order valence-corrected chi connectivity index (χ0v) is 21.3. The Morgan fingerprint density at radius 2 is 1.67 bits per heavy atom. The molecule has 1 saturated heterocycles. The van der Waals surface area contributed by atoms with E-state index in [9.17, 15) is 9.59 Å². The van der Waals surface area contributed by atoms with Crippen molar-refractivity contribution in [3.8, 4) is 5.75 Å². The number of carbonyl (C=O) groups excluding carboxylic acids is 2. The highest BCUT2D eigenvalue weighted by Gasteiger charge is 2.22. The number of nitrogens with one attached hydrogen (secondary N) is 1. The van der Waals surface area contributed by atoms with Crippen molar-refractivity contribution in [1.82, 2.24) is 4.90 Å². The van der Waals surface area contributed by atoms with E-state index in [4.69, 9.17) is 21.1 Å². The molecule has 0 aliphatic carbocycles. The topological polar surface area (TPSA) is 71.1 Å². The number of ether oxygens (including phenoxy) is 2. The molecule has 0 saturated carbocycles. The zero-order valence-electron chi connectivity index (χ0n) is 20.5. The van der Waals surface area contributed by atoms with Gasteiger partial charge in [-0.2, -0.15) is 0 Å². The van der Waals surface area contributed by atoms with E-state index in [1.807, 2.05) is 12.1 Å². The van der Waals surface area contributed by atoms with Gasteiger partial charge in [0.05, 0.1) is 35.7 Å². The van der Waals surface area contributed by atoms with Crippen LogP contribution in [0.4, 0.5) is 11.4 Å². The molecule has 36 heavy (non-hydrogen) atoms. The van der Waals surface area contributed by atoms with Crippen LogP contribution in [0.25, 0.3) is 0 Å². The van der Waals surface area contributed by atoms with Crippen LogP contribution in [0.5, 0.6) is 5.75 Å². The summed E-state index contributed by atoms with van der Waals surface area (Å²) in [4.78, 5) is 30.1. The van der Waals surface area contributed by atoms with Gasteiger partial charge in [0.2, 0.25) is 0 Å². The normalized spacial score (nSPS) is 13.8. The second-order valence-electron chi connectivity index (χ2n) is 8.50. The average Bonchev–Trinajstić information content (AvgIpc) is 2.90. The third-order valence-corrected chi connectivity index (χ3v) is 6.43. The summed E-state index contributed by atoms with van der Waals surface area (Å²) < 4.78 is 10.3. The highest BCUT2D eigenvalue weighted by molar-refractivity contribution is 6.32. The van der Waals surface area contributed by atoms with Gasteiger partial charge in [-0.05, 0) is 48.9 Å². The molecule has 1 N–H and O–H groups in total. The van der Waals surface area contributed by atoms with Crippen LogP contribution in [0.1, 0.15) is 33.2 Å². The molecule has 8 heteroatoms. The minimum atomic E-state index is -0.431. The fourth-order valence-electron chi connectivity index (χ4n) is 4.24. The molecule has 0 aromatic heterocycles. The molecule has 1 heterocycles. The summed E-state index contributed by atoms with van der Waals surface area (Å²) in [7, 11) is 1.52. The Balaban J connectivity index is 1.53. The predicted molar refractivity (Wildman–Crippen MR) is 142 cm³/mol. The summed E-state index contributed by atoms with van der Waals surface area (Å²) in [5.74, 6) is -0.268. The van der Waals surface area contributed by atoms with Crippen molar-refractivity contribution in [3.63, 3.8) is 0 Å². The number of esters is 1. The Bertz CT molecular complexity index is 1210. The largest absolute Gasteiger partial charge is 0.495 e. The van der Waals surface area contributed by atoms with Crippen LogP contribution >= 0.6 is 11.6 Å². The molecule has 7 nitrogen and oxygen atoms in total. The second kappa shape index (κ2) is 11.9. The van der Waals surface area contributed by atoms with Crippen molar-refractivity contribution in [2.24, 2.45) is 0 Å². The van der Waals surface area contributed by atoms with E-state index < -0.39 is 5.97 Å². The lowest BCUT2D eigenvalue weighted by Crippen LogP contribution is -2.46. The summed E-state index contributed by atoms with van der Waals surface area (Å²) >= 11 is 6.22. The maximum Gasteiger partial charge on any atom is 0.338 e. The van der Waals surface area contributed by atoms with Gasteiger partial charge in [-0.25, -0.2) is 4.79 Å². The Hall–Kier alpha value is -3.55. The first-order valence-corrected chi connectivity index (χ1v) is 12.3. The highest BCUT2D eigenvalue weighted by atomic mass is 35.5. The molecule has 0 spiro atoms. The Kier molecular flexibility index (Phi) is 8.46. The Morgan fingerprint density at radius 3 is 2.33 bits per heavy atom. The lowest BCUT2D eigenvalue weighted by Gasteiger charge is -2.37. The monoisotopic (exact) mass is 507 g/mol. The van der Waals surface area contributed by atoms with Crippen LogP contribution in [0.3, 0.4) is 0 Å². The molecule has 0 atom stereocenters. The average molecular weight is 508 g/mol. The molecule has 1 amide bonds. The van der Waals surface area contributed by atoms with E-state index in [0.29, 0.717) is 27.6 Å². The van der Waals surface area contributed by atoms with Crippen molar-refractivity contribution in [2.75, 3.05) is 50.1 Å². The van der Waals surface area contributed by atoms with Crippen LogP contribution in [0, 0.1) is 0 Å². The number of halogens is 1. The molecular formula is C28H30ClN3O4. The van der Waals surface area contributed by atoms with E-state index in [1.165, 1.54) is 12.7 Å². The third kappa shape index (κ3) is 6.17. The molecular weight excluding hydrogens is 478 g/mol. The number of hydrogen-bond acceptors (Lipinski definition) is 6. The van der Waals surface area contributed by atoms with Gasteiger partial charge in [0.1, 0.15) is 5.75 Å². The van der Waals surface area contributed by atoms with Crippen molar-refractivity contribution in [3.05, 3.63) is 88.4 Å². The Labute approximate surface area is 216 Å². The number of rotatable bonds is 8. The second-order valence-corrected chi connectivity index (χ2v) is 8.91. The number of amides is 1. The standard InChI is InChI=1S/C28H30ClN3O4/c1-3-36-28(34)22-9-11-25(32-15-13-31(14-16-32)19-20-7-5-4-6-8-20)24(18-22)30-27(33)21-10-12-26(35-2)23(29)17-21/h4-12,17-18H,3,13-16,19H2,1-2H3,(H,30,33). The molecule has 1 aliphatic heterocycles. The van der Waals surface area contributed by atoms with E-state index >= 15 is 0 Å². The zero-order chi connectivity index (χ0) is 25.5. The summed E-state index contributed by atoms with van der Waals surface area (Å²) in [6.07, 6.45) is 0. The smallest absolute Gasteiger partial charge is 0.338 e. The van der Waals surface area contributed by atoms with Crippen molar-refractivity contribution < 1.29 is 19.1 Å². The minimum Gasteiger partial charge on any atom is -0.495 e. The quantitative estimate of drug-likeness (QED) is 0.428. The molecule has 3 aromatic carbocycles. The fraction of sp³-hybridized carbons (Fsp3) is 0.286. The van der Waals surface area contributed by atoms with Gasteiger partial charge in [0, 0.05) is 38.3 Å². The minimum absolute atomic E-state index is 0.274. The molecule has 0 radical (unpaired) electrons. The number of carbonyl (C=O) groups is 2. The van der Waals surface area contributed by atoms with Gasteiger partial charge in [0.25, 0.3) is 5.91 Å². The van der Waals surface area contributed by atoms with E-state index in [-0.39, 0.29) is 12.5 Å². The summed E-state index contributed by atoms with van der Waals surface area (Å²) in [6, 6.07) is 20.6. The van der Waals surface area contributed by atoms with Gasteiger partial charge in [-0.15, -0.1) is 0 Å². The molecule has 1 fully saturated rings.